The summed E-state index contributed by atoms with van der Waals surface area (Å²) in [6.45, 7) is 3.66. The zero-order valence-corrected chi connectivity index (χ0v) is 9.22. The Bertz CT molecular complexity index is 300. The molecule has 0 aliphatic carbocycles. The second-order valence-corrected chi connectivity index (χ2v) is 4.23. The van der Waals surface area contributed by atoms with E-state index in [1.165, 1.54) is 12.8 Å². The zero-order valence-electron chi connectivity index (χ0n) is 9.22. The van der Waals surface area contributed by atoms with Gasteiger partial charge in [0.05, 0.1) is 12.2 Å². The van der Waals surface area contributed by atoms with Crippen molar-refractivity contribution in [3.05, 3.63) is 24.0 Å². The van der Waals surface area contributed by atoms with E-state index in [1.54, 1.807) is 6.92 Å². The van der Waals surface area contributed by atoms with Crippen LogP contribution in [0.1, 0.15) is 38.0 Å². The van der Waals surface area contributed by atoms with Crippen molar-refractivity contribution >= 4 is 0 Å². The molecule has 3 heteroatoms. The van der Waals surface area contributed by atoms with Gasteiger partial charge in [-0.1, -0.05) is 0 Å². The third kappa shape index (κ3) is 2.61. The molecule has 84 valence electrons. The first kappa shape index (κ1) is 10.7. The lowest BCUT2D eigenvalue weighted by atomic mass is 10.2. The molecule has 1 aliphatic rings. The van der Waals surface area contributed by atoms with Crippen LogP contribution >= 0.6 is 0 Å². The predicted octanol–water partition coefficient (Wildman–Crippen LogP) is 2.11. The molecule has 1 aromatic rings. The van der Waals surface area contributed by atoms with Gasteiger partial charge in [0.1, 0.15) is 0 Å². The minimum absolute atomic E-state index is 0.385. The minimum atomic E-state index is -0.385. The topological polar surface area (TPSA) is 34.4 Å². The van der Waals surface area contributed by atoms with Crippen molar-refractivity contribution in [1.82, 2.24) is 4.57 Å². The van der Waals surface area contributed by atoms with Crippen molar-refractivity contribution in [3.8, 4) is 0 Å². The lowest BCUT2D eigenvalue weighted by molar-refractivity contribution is 0.0992. The molecular weight excluding hydrogens is 190 g/mol. The van der Waals surface area contributed by atoms with Crippen LogP contribution in [-0.4, -0.2) is 22.4 Å². The Hall–Kier alpha value is -0.800. The number of nitrogens with zero attached hydrogens (tertiary/aromatic N) is 1. The Morgan fingerprint density at radius 3 is 3.20 bits per heavy atom. The standard InChI is InChI=1S/C12H19NO2/c1-10(14)12-5-2-7-13(12)8-6-11-4-3-9-15-11/h2,5,7,10-11,14H,3-4,6,8-9H2,1H3. The molecule has 1 N–H and O–H groups in total. The van der Waals surface area contributed by atoms with Crippen molar-refractivity contribution in [2.24, 2.45) is 0 Å². The van der Waals surface area contributed by atoms with E-state index in [4.69, 9.17) is 4.74 Å². The lowest BCUT2D eigenvalue weighted by Gasteiger charge is -2.14. The summed E-state index contributed by atoms with van der Waals surface area (Å²) in [4.78, 5) is 0. The Labute approximate surface area is 90.7 Å². The van der Waals surface area contributed by atoms with Crippen LogP contribution in [0.3, 0.4) is 0 Å². The van der Waals surface area contributed by atoms with Crippen molar-refractivity contribution in [3.63, 3.8) is 0 Å². The highest BCUT2D eigenvalue weighted by molar-refractivity contribution is 5.09. The smallest absolute Gasteiger partial charge is 0.0911 e. The maximum atomic E-state index is 9.53. The third-order valence-electron chi connectivity index (χ3n) is 3.01. The second kappa shape index (κ2) is 4.81. The quantitative estimate of drug-likeness (QED) is 0.824. The summed E-state index contributed by atoms with van der Waals surface area (Å²) in [7, 11) is 0. The largest absolute Gasteiger partial charge is 0.387 e. The van der Waals surface area contributed by atoms with Crippen molar-refractivity contribution in [2.45, 2.75) is 44.9 Å². The molecule has 15 heavy (non-hydrogen) atoms. The van der Waals surface area contributed by atoms with E-state index < -0.39 is 0 Å². The molecule has 1 fully saturated rings. The predicted molar refractivity (Wildman–Crippen MR) is 58.7 cm³/mol. The highest BCUT2D eigenvalue weighted by Gasteiger charge is 2.15. The van der Waals surface area contributed by atoms with Gasteiger partial charge in [0.15, 0.2) is 0 Å². The molecule has 0 saturated carbocycles. The average molecular weight is 209 g/mol. The van der Waals surface area contributed by atoms with Gasteiger partial charge < -0.3 is 14.4 Å². The summed E-state index contributed by atoms with van der Waals surface area (Å²) in [6.07, 6.45) is 5.50. The summed E-state index contributed by atoms with van der Waals surface area (Å²) >= 11 is 0. The molecule has 1 aliphatic heterocycles. The van der Waals surface area contributed by atoms with Crippen LogP contribution < -0.4 is 0 Å². The number of aryl methyl sites for hydroxylation is 1. The summed E-state index contributed by atoms with van der Waals surface area (Å²) in [5.41, 5.74) is 0.994. The van der Waals surface area contributed by atoms with Gasteiger partial charge in [0, 0.05) is 25.0 Å². The average Bonchev–Trinajstić information content (AvgIpc) is 2.86. The fourth-order valence-electron chi connectivity index (χ4n) is 2.17. The summed E-state index contributed by atoms with van der Waals surface area (Å²) < 4.78 is 7.69. The van der Waals surface area contributed by atoms with Gasteiger partial charge in [-0.3, -0.25) is 0 Å². The molecule has 0 spiro atoms. The van der Waals surface area contributed by atoms with Gasteiger partial charge in [-0.2, -0.15) is 0 Å². The fourth-order valence-corrected chi connectivity index (χ4v) is 2.17. The first-order valence-corrected chi connectivity index (χ1v) is 5.72. The monoisotopic (exact) mass is 209 g/mol. The lowest BCUT2D eigenvalue weighted by Crippen LogP contribution is -2.12. The minimum Gasteiger partial charge on any atom is -0.387 e. The number of ether oxygens (including phenoxy) is 1. The maximum Gasteiger partial charge on any atom is 0.0911 e. The second-order valence-electron chi connectivity index (χ2n) is 4.23. The van der Waals surface area contributed by atoms with E-state index >= 15 is 0 Å². The summed E-state index contributed by atoms with van der Waals surface area (Å²) in [5, 5.41) is 9.53. The molecule has 0 amide bonds. The molecule has 2 unspecified atom stereocenters. The van der Waals surface area contributed by atoms with Gasteiger partial charge >= 0.3 is 0 Å². The normalized spacial score (nSPS) is 23.2. The van der Waals surface area contributed by atoms with E-state index in [-0.39, 0.29) is 6.10 Å². The van der Waals surface area contributed by atoms with Gasteiger partial charge in [-0.25, -0.2) is 0 Å². The number of hydrogen-bond acceptors (Lipinski definition) is 2. The number of aliphatic hydroxyl groups excluding tert-OH is 1. The van der Waals surface area contributed by atoms with E-state index in [0.29, 0.717) is 6.10 Å². The van der Waals surface area contributed by atoms with E-state index in [1.807, 2.05) is 18.3 Å². The SMILES string of the molecule is CC(O)c1cccn1CCC1CCCO1. The van der Waals surface area contributed by atoms with Gasteiger partial charge in [-0.15, -0.1) is 0 Å². The summed E-state index contributed by atoms with van der Waals surface area (Å²) in [6, 6.07) is 3.96. The van der Waals surface area contributed by atoms with E-state index in [9.17, 15) is 5.11 Å². The van der Waals surface area contributed by atoms with Crippen LogP contribution in [0, 0.1) is 0 Å². The Morgan fingerprint density at radius 2 is 2.53 bits per heavy atom. The van der Waals surface area contributed by atoms with Crippen LogP contribution in [0.2, 0.25) is 0 Å². The zero-order chi connectivity index (χ0) is 10.7. The molecule has 3 nitrogen and oxygen atoms in total. The van der Waals surface area contributed by atoms with Gasteiger partial charge in [0.2, 0.25) is 0 Å². The highest BCUT2D eigenvalue weighted by Crippen LogP contribution is 2.18. The number of rotatable bonds is 4. The van der Waals surface area contributed by atoms with Crippen molar-refractivity contribution in [1.29, 1.82) is 0 Å². The number of hydrogen-bond donors (Lipinski definition) is 1. The molecule has 2 rings (SSSR count). The van der Waals surface area contributed by atoms with Crippen LogP contribution in [0.5, 0.6) is 0 Å². The molecule has 1 aromatic heterocycles. The van der Waals surface area contributed by atoms with E-state index in [0.717, 1.165) is 25.3 Å². The third-order valence-corrected chi connectivity index (χ3v) is 3.01. The highest BCUT2D eigenvalue weighted by atomic mass is 16.5. The fraction of sp³-hybridized carbons (Fsp3) is 0.667. The van der Waals surface area contributed by atoms with Crippen LogP contribution in [-0.2, 0) is 11.3 Å². The number of aliphatic hydroxyl groups is 1. The van der Waals surface area contributed by atoms with Crippen LogP contribution in [0.25, 0.3) is 0 Å². The Morgan fingerprint density at radius 1 is 1.67 bits per heavy atom. The van der Waals surface area contributed by atoms with E-state index in [2.05, 4.69) is 4.57 Å². The number of aromatic nitrogens is 1. The molecule has 0 aromatic carbocycles. The first-order valence-electron chi connectivity index (χ1n) is 5.72. The molecule has 2 atom stereocenters. The molecule has 2 heterocycles. The Kier molecular flexibility index (Phi) is 3.44. The maximum absolute atomic E-state index is 9.53. The van der Waals surface area contributed by atoms with Gasteiger partial charge in [0.25, 0.3) is 0 Å². The molecule has 1 saturated heterocycles. The van der Waals surface area contributed by atoms with Crippen molar-refractivity contribution < 1.29 is 9.84 Å². The molecule has 0 bridgehead atoms. The molecule has 0 radical (unpaired) electrons. The molecular formula is C12H19NO2. The van der Waals surface area contributed by atoms with Crippen LogP contribution in [0.4, 0.5) is 0 Å². The first-order chi connectivity index (χ1) is 7.27. The van der Waals surface area contributed by atoms with Gasteiger partial charge in [-0.05, 0) is 38.3 Å². The Balaban J connectivity index is 1.89. The van der Waals surface area contributed by atoms with Crippen molar-refractivity contribution in [2.75, 3.05) is 6.61 Å². The van der Waals surface area contributed by atoms with Crippen LogP contribution in [0.15, 0.2) is 18.3 Å². The summed E-state index contributed by atoms with van der Waals surface area (Å²) in [5.74, 6) is 0.